The van der Waals surface area contributed by atoms with Crippen molar-refractivity contribution in [3.8, 4) is 0 Å². The van der Waals surface area contributed by atoms with Gasteiger partial charge in [0.2, 0.25) is 15.9 Å². The molecule has 1 aliphatic rings. The minimum atomic E-state index is -3.43. The fourth-order valence-electron chi connectivity index (χ4n) is 3.88. The summed E-state index contributed by atoms with van der Waals surface area (Å²) < 4.78 is 28.6. The molecule has 0 radical (unpaired) electrons. The summed E-state index contributed by atoms with van der Waals surface area (Å²) in [5.74, 6) is 0.426. The number of carbonyl (C=O) groups is 1. The van der Waals surface area contributed by atoms with E-state index >= 15 is 0 Å². The monoisotopic (exact) mass is 468 g/mol. The largest absolute Gasteiger partial charge is 0.326 e. The second-order valence-corrected chi connectivity index (χ2v) is 10.2. The number of sulfonamides is 1. The number of para-hydroxylation sites is 1. The fraction of sp³-hybridized carbons (Fsp3) is 0.375. The number of aryl methyl sites for hydroxylation is 1. The molecule has 0 aliphatic heterocycles. The van der Waals surface area contributed by atoms with Gasteiger partial charge in [-0.05, 0) is 56.0 Å². The van der Waals surface area contributed by atoms with Crippen LogP contribution in [0.2, 0.25) is 0 Å². The Morgan fingerprint density at radius 3 is 2.58 bits per heavy atom. The predicted octanol–water partition coefficient (Wildman–Crippen LogP) is 3.76. The number of anilines is 2. The molecule has 1 aromatic heterocycles. The third-order valence-corrected chi connectivity index (χ3v) is 7.19. The maximum Gasteiger partial charge on any atom is 0.261 e. The van der Waals surface area contributed by atoms with Gasteiger partial charge in [0.15, 0.2) is 0 Å². The quantitative estimate of drug-likeness (QED) is 0.497. The van der Waals surface area contributed by atoms with Gasteiger partial charge in [-0.2, -0.15) is 0 Å². The Bertz CT molecular complexity index is 1360. The van der Waals surface area contributed by atoms with E-state index in [9.17, 15) is 18.0 Å². The first-order chi connectivity index (χ1) is 15.8. The zero-order chi connectivity index (χ0) is 23.6. The number of amides is 1. The Morgan fingerprint density at radius 2 is 1.85 bits per heavy atom. The first-order valence-electron chi connectivity index (χ1n) is 11.2. The molecule has 0 bridgehead atoms. The number of aromatic nitrogens is 2. The van der Waals surface area contributed by atoms with Crippen LogP contribution in [0.5, 0.6) is 0 Å². The van der Waals surface area contributed by atoms with Crippen LogP contribution in [0.3, 0.4) is 0 Å². The van der Waals surface area contributed by atoms with E-state index in [1.54, 1.807) is 42.7 Å². The summed E-state index contributed by atoms with van der Waals surface area (Å²) in [5.41, 5.74) is 2.21. The van der Waals surface area contributed by atoms with Crippen molar-refractivity contribution in [2.24, 2.45) is 0 Å². The number of fused-ring (bicyclic) bond motifs is 1. The number of nitrogens with zero attached hydrogens (tertiary/aromatic N) is 2. The zero-order valence-corrected chi connectivity index (χ0v) is 19.6. The van der Waals surface area contributed by atoms with Gasteiger partial charge in [0.25, 0.3) is 5.56 Å². The van der Waals surface area contributed by atoms with Crippen molar-refractivity contribution in [3.63, 3.8) is 0 Å². The minimum absolute atomic E-state index is 0.0322. The Morgan fingerprint density at radius 1 is 1.12 bits per heavy atom. The van der Waals surface area contributed by atoms with Crippen molar-refractivity contribution < 1.29 is 13.2 Å². The summed E-state index contributed by atoms with van der Waals surface area (Å²) in [6.45, 7) is 3.56. The van der Waals surface area contributed by atoms with Crippen molar-refractivity contribution in [1.82, 2.24) is 9.55 Å². The molecule has 0 saturated heterocycles. The molecule has 1 heterocycles. The maximum atomic E-state index is 13.0. The lowest BCUT2D eigenvalue weighted by Crippen LogP contribution is -2.25. The normalized spacial score (nSPS) is 13.8. The van der Waals surface area contributed by atoms with Crippen LogP contribution in [-0.2, 0) is 21.2 Å². The molecule has 4 rings (SSSR count). The van der Waals surface area contributed by atoms with Crippen molar-refractivity contribution in [3.05, 3.63) is 64.2 Å². The van der Waals surface area contributed by atoms with Gasteiger partial charge < -0.3 is 5.32 Å². The molecular formula is C24H28N4O4S. The van der Waals surface area contributed by atoms with Gasteiger partial charge >= 0.3 is 0 Å². The van der Waals surface area contributed by atoms with Crippen molar-refractivity contribution in [2.75, 3.05) is 15.8 Å². The van der Waals surface area contributed by atoms with Gasteiger partial charge in [-0.1, -0.05) is 25.1 Å². The van der Waals surface area contributed by atoms with Crippen LogP contribution in [0.4, 0.5) is 11.4 Å². The number of hydrogen-bond acceptors (Lipinski definition) is 5. The molecule has 0 atom stereocenters. The highest BCUT2D eigenvalue weighted by Gasteiger charge is 2.28. The molecule has 0 spiro atoms. The third-order valence-electron chi connectivity index (χ3n) is 5.71. The van der Waals surface area contributed by atoms with Gasteiger partial charge in [0, 0.05) is 24.6 Å². The van der Waals surface area contributed by atoms with Crippen molar-refractivity contribution in [2.45, 2.75) is 52.0 Å². The number of carbonyl (C=O) groups excluding carboxylic acids is 1. The molecule has 1 amide bonds. The Kier molecular flexibility index (Phi) is 6.51. The highest BCUT2D eigenvalue weighted by atomic mass is 32.2. The van der Waals surface area contributed by atoms with Crippen LogP contribution in [0.25, 0.3) is 10.9 Å². The molecule has 8 nitrogen and oxygen atoms in total. The van der Waals surface area contributed by atoms with Gasteiger partial charge in [0.05, 0.1) is 22.3 Å². The summed E-state index contributed by atoms with van der Waals surface area (Å²) in [6.07, 6.45) is 2.89. The number of hydrogen-bond donors (Lipinski definition) is 2. The molecule has 174 valence electrons. The summed E-state index contributed by atoms with van der Waals surface area (Å²) >= 11 is 0. The lowest BCUT2D eigenvalue weighted by molar-refractivity contribution is -0.116. The molecule has 0 unspecified atom stereocenters. The SMILES string of the molecule is CCCS(=O)(=O)Nc1cccc(NC(=O)CCc2nc3ccccc3c(=O)n2C2CC2)c1C. The molecule has 1 fully saturated rings. The number of nitrogens with one attached hydrogen (secondary N) is 2. The zero-order valence-electron chi connectivity index (χ0n) is 18.8. The molecule has 1 aliphatic carbocycles. The van der Waals surface area contributed by atoms with E-state index in [1.807, 2.05) is 18.2 Å². The Labute approximate surface area is 193 Å². The molecule has 2 aromatic carbocycles. The highest BCUT2D eigenvalue weighted by Crippen LogP contribution is 2.35. The molecule has 33 heavy (non-hydrogen) atoms. The second-order valence-electron chi connectivity index (χ2n) is 8.40. The van der Waals surface area contributed by atoms with E-state index in [0.717, 1.165) is 12.8 Å². The van der Waals surface area contributed by atoms with Gasteiger partial charge in [-0.15, -0.1) is 0 Å². The molecular weight excluding hydrogens is 440 g/mol. The summed E-state index contributed by atoms with van der Waals surface area (Å²) in [7, 11) is -3.43. The third kappa shape index (κ3) is 5.24. The van der Waals surface area contributed by atoms with E-state index in [4.69, 9.17) is 0 Å². The highest BCUT2D eigenvalue weighted by molar-refractivity contribution is 7.92. The van der Waals surface area contributed by atoms with E-state index in [0.29, 0.717) is 46.5 Å². The smallest absolute Gasteiger partial charge is 0.261 e. The topological polar surface area (TPSA) is 110 Å². The number of benzene rings is 2. The second kappa shape index (κ2) is 9.35. The summed E-state index contributed by atoms with van der Waals surface area (Å²) in [4.78, 5) is 30.4. The van der Waals surface area contributed by atoms with Gasteiger partial charge in [-0.3, -0.25) is 18.9 Å². The molecule has 1 saturated carbocycles. The van der Waals surface area contributed by atoms with Crippen LogP contribution in [0.1, 0.15) is 50.0 Å². The van der Waals surface area contributed by atoms with E-state index < -0.39 is 10.0 Å². The first kappa shape index (κ1) is 23.0. The standard InChI is InChI=1S/C24H28N4O4S/c1-3-15-33(31,32)27-20-10-6-9-19(16(20)2)26-23(29)14-13-22-25-21-8-5-4-7-18(21)24(30)28(22)17-11-12-17/h4-10,17,27H,3,11-15H2,1-2H3,(H,26,29). The van der Waals surface area contributed by atoms with E-state index in [2.05, 4.69) is 15.0 Å². The molecule has 2 N–H and O–H groups in total. The van der Waals surface area contributed by atoms with Crippen LogP contribution in [0, 0.1) is 6.92 Å². The van der Waals surface area contributed by atoms with Crippen molar-refractivity contribution in [1.29, 1.82) is 0 Å². The van der Waals surface area contributed by atoms with E-state index in [-0.39, 0.29) is 29.7 Å². The Balaban J connectivity index is 1.50. The fourth-order valence-corrected chi connectivity index (χ4v) is 5.08. The maximum absolute atomic E-state index is 13.0. The van der Waals surface area contributed by atoms with Crippen LogP contribution < -0.4 is 15.6 Å². The van der Waals surface area contributed by atoms with Crippen LogP contribution >= 0.6 is 0 Å². The lowest BCUT2D eigenvalue weighted by atomic mass is 10.1. The number of rotatable bonds is 9. The Hall–Kier alpha value is -3.20. The average molecular weight is 469 g/mol. The van der Waals surface area contributed by atoms with Crippen LogP contribution in [-0.4, -0.2) is 29.6 Å². The van der Waals surface area contributed by atoms with Crippen molar-refractivity contribution >= 4 is 38.2 Å². The predicted molar refractivity (Wildman–Crippen MR) is 130 cm³/mol. The van der Waals surface area contributed by atoms with Gasteiger partial charge in [0.1, 0.15) is 5.82 Å². The minimum Gasteiger partial charge on any atom is -0.326 e. The first-order valence-corrected chi connectivity index (χ1v) is 12.8. The molecule has 3 aromatic rings. The average Bonchev–Trinajstić information content (AvgIpc) is 3.60. The summed E-state index contributed by atoms with van der Waals surface area (Å²) in [5, 5.41) is 3.46. The lowest BCUT2D eigenvalue weighted by Gasteiger charge is -2.15. The van der Waals surface area contributed by atoms with Crippen LogP contribution in [0.15, 0.2) is 47.3 Å². The summed E-state index contributed by atoms with van der Waals surface area (Å²) in [6, 6.07) is 12.5. The van der Waals surface area contributed by atoms with E-state index in [1.165, 1.54) is 0 Å². The van der Waals surface area contributed by atoms with Gasteiger partial charge in [-0.25, -0.2) is 13.4 Å². The molecule has 9 heteroatoms.